The minimum Gasteiger partial charge on any atom is -0.539 e. The molecule has 0 saturated heterocycles. The van der Waals surface area contributed by atoms with E-state index in [1.807, 2.05) is 12.1 Å². The lowest BCUT2D eigenvalue weighted by Gasteiger charge is -2.11. The van der Waals surface area contributed by atoms with Crippen LogP contribution >= 0.6 is 11.8 Å². The van der Waals surface area contributed by atoms with Gasteiger partial charge in [-0.2, -0.15) is 10.5 Å². The van der Waals surface area contributed by atoms with Crippen molar-refractivity contribution < 1.29 is 23.9 Å². The quantitative estimate of drug-likeness (QED) is 0.332. The van der Waals surface area contributed by atoms with Crippen LogP contribution in [0.25, 0.3) is 11.3 Å². The number of benzene rings is 1. The van der Waals surface area contributed by atoms with Crippen molar-refractivity contribution in [3.05, 3.63) is 41.0 Å². The summed E-state index contributed by atoms with van der Waals surface area (Å²) >= 11 is 0.856. The number of nitriles is 2. The van der Waals surface area contributed by atoms with Gasteiger partial charge >= 0.3 is 0 Å². The second-order valence-corrected chi connectivity index (χ2v) is 7.19. The summed E-state index contributed by atoms with van der Waals surface area (Å²) < 4.78 is 5.66. The zero-order chi connectivity index (χ0) is 23.4. The van der Waals surface area contributed by atoms with Gasteiger partial charge in [0.15, 0.2) is 13.0 Å². The minimum absolute atomic E-state index is 0.0259. The van der Waals surface area contributed by atoms with Gasteiger partial charge in [-0.1, -0.05) is 28.6 Å². The van der Waals surface area contributed by atoms with E-state index < -0.39 is 17.8 Å². The van der Waals surface area contributed by atoms with Gasteiger partial charge in [-0.15, -0.1) is 0 Å². The molecule has 0 unspecified atom stereocenters. The molecule has 12 nitrogen and oxygen atoms in total. The molecule has 0 fully saturated rings. The minimum atomic E-state index is -0.872. The lowest BCUT2D eigenvalue weighted by Crippen LogP contribution is -2.32. The number of primary amides is 1. The van der Waals surface area contributed by atoms with Crippen LogP contribution in [0.2, 0.25) is 0 Å². The molecule has 2 aromatic heterocycles. The summed E-state index contributed by atoms with van der Waals surface area (Å²) in [4.78, 5) is 28.0. The van der Waals surface area contributed by atoms with Gasteiger partial charge < -0.3 is 26.4 Å². The number of nitrogens with one attached hydrogen (secondary N) is 1. The lowest BCUT2D eigenvalue weighted by atomic mass is 10.0. The summed E-state index contributed by atoms with van der Waals surface area (Å²) in [5.41, 5.74) is 11.0. The van der Waals surface area contributed by atoms with Crippen LogP contribution in [0.5, 0.6) is 5.95 Å². The summed E-state index contributed by atoms with van der Waals surface area (Å²) in [6.07, 6.45) is 0. The van der Waals surface area contributed by atoms with Crippen molar-refractivity contribution in [3.63, 3.8) is 0 Å². The van der Waals surface area contributed by atoms with E-state index in [-0.39, 0.29) is 50.2 Å². The monoisotopic (exact) mass is 450 g/mol. The Morgan fingerprint density at radius 2 is 1.97 bits per heavy atom. The van der Waals surface area contributed by atoms with Gasteiger partial charge in [0.2, 0.25) is 5.91 Å². The highest BCUT2D eigenvalue weighted by molar-refractivity contribution is 8.00. The highest BCUT2D eigenvalue weighted by Crippen LogP contribution is 2.36. The van der Waals surface area contributed by atoms with Crippen LogP contribution in [0.3, 0.4) is 0 Å². The van der Waals surface area contributed by atoms with Crippen LogP contribution in [-0.2, 0) is 11.8 Å². The molecule has 13 heteroatoms. The maximum absolute atomic E-state index is 12.4. The van der Waals surface area contributed by atoms with E-state index >= 15 is 0 Å². The molecule has 0 aliphatic carbocycles. The number of carbonyl (C=O) groups excluding carboxylic acids is 2. The van der Waals surface area contributed by atoms with Gasteiger partial charge in [0.05, 0.1) is 33.4 Å². The molecule has 3 rings (SSSR count). The van der Waals surface area contributed by atoms with Gasteiger partial charge in [-0.05, 0) is 12.1 Å². The van der Waals surface area contributed by atoms with Crippen molar-refractivity contribution >= 4 is 35.1 Å². The van der Waals surface area contributed by atoms with Crippen LogP contribution in [0.15, 0.2) is 33.8 Å². The number of pyridine rings is 1. The Labute approximate surface area is 185 Å². The van der Waals surface area contributed by atoms with Gasteiger partial charge in [0.25, 0.3) is 11.6 Å². The number of rotatable bonds is 6. The average molecular weight is 450 g/mol. The molecular weight excluding hydrogens is 436 g/mol. The van der Waals surface area contributed by atoms with E-state index in [1.54, 1.807) is 12.1 Å². The molecule has 2 heterocycles. The fraction of sp³-hybridized carbons (Fsp3) is 0.105. The number of hydrogen-bond donors (Lipinski definition) is 3. The van der Waals surface area contributed by atoms with Crippen molar-refractivity contribution in [2.24, 2.45) is 12.8 Å². The molecule has 32 heavy (non-hydrogen) atoms. The fourth-order valence-corrected chi connectivity index (χ4v) is 3.64. The molecule has 160 valence electrons. The second kappa shape index (κ2) is 9.03. The topological polar surface area (TPSA) is 212 Å². The number of anilines is 2. The number of nitrogens with zero attached hydrogens (tertiary/aromatic N) is 5. The third kappa shape index (κ3) is 4.14. The van der Waals surface area contributed by atoms with E-state index in [0.717, 1.165) is 16.4 Å². The molecular formula is C19H14N8O4S. The van der Waals surface area contributed by atoms with E-state index in [2.05, 4.69) is 20.1 Å². The molecule has 0 aliphatic rings. The Bertz CT molecular complexity index is 1300. The first-order valence-corrected chi connectivity index (χ1v) is 9.75. The Kier molecular flexibility index (Phi) is 6.23. The van der Waals surface area contributed by atoms with Crippen LogP contribution in [-0.4, -0.2) is 27.8 Å². The van der Waals surface area contributed by atoms with Crippen molar-refractivity contribution in [1.29, 1.82) is 10.5 Å². The Morgan fingerprint density at radius 1 is 1.28 bits per heavy atom. The van der Waals surface area contributed by atoms with Gasteiger partial charge in [-0.25, -0.2) is 4.98 Å². The zero-order valence-corrected chi connectivity index (χ0v) is 17.3. The third-order valence-electron chi connectivity index (χ3n) is 4.22. The number of thioether (sulfide) groups is 1. The molecule has 0 atom stereocenters. The summed E-state index contributed by atoms with van der Waals surface area (Å²) in [6.45, 7) is 0. The number of aryl methyl sites for hydroxylation is 1. The second-order valence-electron chi connectivity index (χ2n) is 6.23. The molecule has 0 radical (unpaired) electrons. The van der Waals surface area contributed by atoms with Gasteiger partial charge in [-0.3, -0.25) is 9.59 Å². The van der Waals surface area contributed by atoms with E-state index in [9.17, 15) is 25.2 Å². The predicted octanol–water partition coefficient (Wildman–Crippen LogP) is -0.210. The summed E-state index contributed by atoms with van der Waals surface area (Å²) in [5, 5.41) is 37.4. The van der Waals surface area contributed by atoms with Crippen molar-refractivity contribution in [3.8, 4) is 29.3 Å². The van der Waals surface area contributed by atoms with Crippen molar-refractivity contribution in [2.45, 2.75) is 5.03 Å². The number of nitrogen functional groups attached to an aromatic ring is 1. The van der Waals surface area contributed by atoms with Crippen LogP contribution < -0.4 is 26.6 Å². The van der Waals surface area contributed by atoms with Crippen molar-refractivity contribution in [2.75, 3.05) is 16.8 Å². The van der Waals surface area contributed by atoms with Gasteiger partial charge in [0, 0.05) is 0 Å². The lowest BCUT2D eigenvalue weighted by molar-refractivity contribution is -0.730. The standard InChI is InChI=1S/C19H14N8O4S/c1-27-15(19(30)31-26-27)14-10(6-20)16(22)25-18(11(14)7-21)32-8-13(28)24-12-5-3-2-4-9(12)17(23)29/h2-5H,8H2,1H3,(H5-,22,23,24,25,26,28,29,30). The molecule has 0 spiro atoms. The first kappa shape index (κ1) is 22.1. The zero-order valence-electron chi connectivity index (χ0n) is 16.4. The number of carbonyl (C=O) groups is 2. The average Bonchev–Trinajstić information content (AvgIpc) is 3.09. The largest absolute Gasteiger partial charge is 0.539 e. The van der Waals surface area contributed by atoms with E-state index in [1.165, 1.54) is 19.2 Å². The first-order valence-electron chi connectivity index (χ1n) is 8.77. The highest BCUT2D eigenvalue weighted by Gasteiger charge is 2.29. The van der Waals surface area contributed by atoms with Crippen LogP contribution in [0.4, 0.5) is 11.5 Å². The van der Waals surface area contributed by atoms with Gasteiger partial charge in [0.1, 0.15) is 28.5 Å². The molecule has 1 aromatic carbocycles. The number of nitrogens with two attached hydrogens (primary N) is 2. The van der Waals surface area contributed by atoms with E-state index in [0.29, 0.717) is 0 Å². The highest BCUT2D eigenvalue weighted by atomic mass is 32.2. The molecule has 5 N–H and O–H groups in total. The Balaban J connectivity index is 1.95. The van der Waals surface area contributed by atoms with E-state index in [4.69, 9.17) is 11.5 Å². The molecule has 3 aromatic rings. The summed E-state index contributed by atoms with van der Waals surface area (Å²) in [7, 11) is 1.40. The van der Waals surface area contributed by atoms with Crippen LogP contribution in [0, 0.1) is 22.7 Å². The number of amides is 2. The molecule has 2 amide bonds. The fourth-order valence-electron chi connectivity index (χ4n) is 2.84. The maximum atomic E-state index is 12.4. The molecule has 0 saturated carbocycles. The number of aromatic nitrogens is 3. The normalized spacial score (nSPS) is 10.2. The Morgan fingerprint density at radius 3 is 2.56 bits per heavy atom. The summed E-state index contributed by atoms with van der Waals surface area (Å²) in [5.74, 6) is -2.55. The summed E-state index contributed by atoms with van der Waals surface area (Å²) in [6, 6.07) is 9.94. The predicted molar refractivity (Wildman–Crippen MR) is 109 cm³/mol. The number of hydrogen-bond acceptors (Lipinski definition) is 10. The Hall–Kier alpha value is -4.62. The molecule has 0 aliphatic heterocycles. The third-order valence-corrected chi connectivity index (χ3v) is 5.20. The van der Waals surface area contributed by atoms with Crippen LogP contribution in [0.1, 0.15) is 21.5 Å². The molecule has 0 bridgehead atoms. The number of para-hydroxylation sites is 1. The maximum Gasteiger partial charge on any atom is 0.266 e. The SMILES string of the molecule is C[n+]1noc([O-])c1-c1c(C#N)c(N)nc(SCC(=O)Nc2ccccc2C(N)=O)c1C#N. The smallest absolute Gasteiger partial charge is 0.266 e. The van der Waals surface area contributed by atoms with Crippen molar-refractivity contribution in [1.82, 2.24) is 10.3 Å². The first-order chi connectivity index (χ1) is 15.3.